The number of aryl methyl sites for hydroxylation is 1. The molecule has 0 spiro atoms. The van der Waals surface area contributed by atoms with Gasteiger partial charge in [0.15, 0.2) is 22.4 Å². The van der Waals surface area contributed by atoms with E-state index in [0.29, 0.717) is 36.7 Å². The van der Waals surface area contributed by atoms with Crippen LogP contribution < -0.4 is 31.0 Å². The molecule has 1 saturated heterocycles. The molecule has 9 atom stereocenters. The van der Waals surface area contributed by atoms with Crippen molar-refractivity contribution in [3.05, 3.63) is 109 Å². The number of allylic oxidation sites excluding steroid dienone is 2. The van der Waals surface area contributed by atoms with E-state index in [-0.39, 0.29) is 50.7 Å². The number of aromatic nitrogens is 2. The highest BCUT2D eigenvalue weighted by molar-refractivity contribution is 6.29. The number of phenolic OH excluding ortho intramolecular Hbond substituents is 1. The molecule has 5 aromatic rings. The number of aliphatic hydroxyl groups is 3. The van der Waals surface area contributed by atoms with Crippen LogP contribution in [0.1, 0.15) is 79.0 Å². The fourth-order valence-corrected chi connectivity index (χ4v) is 11.2. The number of esters is 3. The maximum Gasteiger partial charge on any atom is 0.417 e. The smallest absolute Gasteiger partial charge is 0.417 e. The van der Waals surface area contributed by atoms with Crippen LogP contribution in [0.25, 0.3) is 38.7 Å². The van der Waals surface area contributed by atoms with Crippen molar-refractivity contribution in [2.75, 3.05) is 56.7 Å². The molecule has 1 fully saturated rings. The normalized spacial score (nSPS) is 26.1. The minimum absolute atomic E-state index is 0.0416. The molecule has 22 nitrogen and oxygen atoms in total. The molecule has 5 bridgehead atoms. The zero-order chi connectivity index (χ0) is 60.4. The molecule has 1 amide bonds. The molecular weight excluding hydrogens is 1070 g/mol. The number of ether oxygens (including phenoxy) is 6. The van der Waals surface area contributed by atoms with Crippen LogP contribution >= 0.6 is 0 Å². The first-order valence-corrected chi connectivity index (χ1v) is 27.8. The molecule has 4 aliphatic rings. The average Bonchev–Trinajstić information content (AvgIpc) is 2.11. The standard InChI is InChI=1S/C61H73N5O17/c1-12-37-26-62-18-16-38(37)28-78-59(75)60(76)79-29-39-15-13-14-31(4)50(69)33(6)51(70)34(7)54(81-36(9)67)32(5)42(77-11)17-23-80-61(10)57(73)46-44-45(52(71)35(8)55(46)83-61)53(72)49(64-58(39)74)56-48(44)63-47-41(68)24-40(25-43(47)82-56)66-21-19-65(20-22-66)27-30(2)3/h13-18,23-26,30-34,42,50-51,54,69-71,73H,12,19-22,27-29H2,1-11H3,(H,64,74)/b14-13+,23-17+,39-15-. The molecule has 9 unspecified atom stereocenters. The number of phenols is 1. The number of rotatable bonds is 10. The zero-order valence-corrected chi connectivity index (χ0v) is 48.5. The van der Waals surface area contributed by atoms with E-state index in [1.165, 1.54) is 70.7 Å². The molecule has 3 aromatic carbocycles. The molecule has 22 heteroatoms. The fourth-order valence-electron chi connectivity index (χ4n) is 11.2. The highest BCUT2D eigenvalue weighted by Crippen LogP contribution is 2.42. The summed E-state index contributed by atoms with van der Waals surface area (Å²) in [5, 5.41) is 49.8. The van der Waals surface area contributed by atoms with Crippen LogP contribution in [0.5, 0.6) is 11.5 Å². The number of benzene rings is 3. The Bertz CT molecular complexity index is 3610. The first-order chi connectivity index (χ1) is 39.4. The van der Waals surface area contributed by atoms with E-state index in [9.17, 15) is 44.4 Å². The molecule has 2 aromatic heterocycles. The van der Waals surface area contributed by atoms with Gasteiger partial charge in [0.1, 0.15) is 42.0 Å². The third-order valence-electron chi connectivity index (χ3n) is 15.9. The maximum atomic E-state index is 15.3. The lowest BCUT2D eigenvalue weighted by atomic mass is 9.78. The Kier molecular flexibility index (Phi) is 18.6. The van der Waals surface area contributed by atoms with Crippen LogP contribution in [0.15, 0.2) is 80.7 Å². The van der Waals surface area contributed by atoms with Crippen molar-refractivity contribution in [2.24, 2.45) is 29.6 Å². The van der Waals surface area contributed by atoms with Gasteiger partial charge >= 0.3 is 23.7 Å². The molecule has 83 heavy (non-hydrogen) atoms. The first-order valence-electron chi connectivity index (χ1n) is 27.8. The van der Waals surface area contributed by atoms with Gasteiger partial charge in [-0.25, -0.2) is 14.6 Å². The summed E-state index contributed by atoms with van der Waals surface area (Å²) in [6.45, 7) is 19.2. The molecule has 9 rings (SSSR count). The van der Waals surface area contributed by atoms with E-state index in [2.05, 4.69) is 29.0 Å². The van der Waals surface area contributed by atoms with Gasteiger partial charge in [0.25, 0.3) is 5.91 Å². The van der Waals surface area contributed by atoms with Crippen molar-refractivity contribution in [3.63, 3.8) is 0 Å². The fraction of sp³-hybridized carbons (Fsp3) is 0.475. The second kappa shape index (κ2) is 25.3. The van der Waals surface area contributed by atoms with E-state index in [4.69, 9.17) is 37.8 Å². The van der Waals surface area contributed by atoms with Gasteiger partial charge in [-0.05, 0) is 42.5 Å². The SMILES string of the molecule is CCc1cnccc1COC(=O)C(=O)OC/C1=C/C=C/C(C)C(O)C(C)C(O)C(C)C(OC(C)=O)C(C)C(OC)/C=C/OC2(C)Oc3c(C)c(O)c4c(=O)c(c5oc6cc(N7CCN(CC(C)C)CC7)cc(=O)c6nc5c4c3=C2O)NC1=O. The molecule has 0 aliphatic carbocycles. The molecule has 0 radical (unpaired) electrons. The Hall–Kier alpha value is -7.92. The monoisotopic (exact) mass is 1150 g/mol. The number of anilines is 2. The van der Waals surface area contributed by atoms with Gasteiger partial charge in [-0.3, -0.25) is 29.1 Å². The van der Waals surface area contributed by atoms with Crippen LogP contribution in [0, 0.1) is 36.5 Å². The third kappa shape index (κ3) is 12.6. The number of aliphatic hydroxyl groups excluding tert-OH is 3. The Labute approximate surface area is 478 Å². The van der Waals surface area contributed by atoms with Gasteiger partial charge in [-0.2, -0.15) is 0 Å². The third-order valence-corrected chi connectivity index (χ3v) is 15.9. The maximum absolute atomic E-state index is 15.3. The van der Waals surface area contributed by atoms with Crippen molar-refractivity contribution < 1.29 is 72.4 Å². The van der Waals surface area contributed by atoms with Crippen molar-refractivity contribution >= 4 is 73.9 Å². The number of hydrogen-bond acceptors (Lipinski definition) is 21. The van der Waals surface area contributed by atoms with Gasteiger partial charge in [-0.15, -0.1) is 0 Å². The lowest BCUT2D eigenvalue weighted by Gasteiger charge is -2.38. The minimum Gasteiger partial charge on any atom is -0.507 e. The van der Waals surface area contributed by atoms with Gasteiger partial charge in [0, 0.05) is 119 Å². The van der Waals surface area contributed by atoms with E-state index < -0.39 is 123 Å². The predicted molar refractivity (Wildman–Crippen MR) is 307 cm³/mol. The Morgan fingerprint density at radius 2 is 1.60 bits per heavy atom. The Balaban J connectivity index is 1.31. The highest BCUT2D eigenvalue weighted by atomic mass is 16.7. The first kappa shape index (κ1) is 61.2. The number of piperazine rings is 1. The number of methoxy groups -OCH3 is 1. The summed E-state index contributed by atoms with van der Waals surface area (Å²) >= 11 is 0. The lowest BCUT2D eigenvalue weighted by molar-refractivity contribution is -0.168. The van der Waals surface area contributed by atoms with Gasteiger partial charge in [-0.1, -0.05) is 66.7 Å². The molecular formula is C61H73N5O17. The van der Waals surface area contributed by atoms with Crippen molar-refractivity contribution in [2.45, 2.75) is 112 Å². The summed E-state index contributed by atoms with van der Waals surface area (Å²) in [4.78, 5) is 96.8. The number of pyridine rings is 1. The molecule has 6 heterocycles. The molecule has 4 aliphatic heterocycles. The number of fused-ring (bicyclic) bond motifs is 14. The highest BCUT2D eigenvalue weighted by Gasteiger charge is 2.44. The number of hydrogen-bond donors (Lipinski definition) is 5. The second-order valence-electron chi connectivity index (χ2n) is 22.2. The summed E-state index contributed by atoms with van der Waals surface area (Å²) in [5.74, 6) is -10.7. The van der Waals surface area contributed by atoms with Crippen LogP contribution in [0.2, 0.25) is 0 Å². The van der Waals surface area contributed by atoms with Crippen LogP contribution in [-0.2, 0) is 55.9 Å². The van der Waals surface area contributed by atoms with Crippen LogP contribution in [0.4, 0.5) is 11.4 Å². The summed E-state index contributed by atoms with van der Waals surface area (Å²) in [6, 6.07) is 4.67. The topological polar surface area (TPSA) is 296 Å². The van der Waals surface area contributed by atoms with Gasteiger partial charge in [0.2, 0.25) is 10.9 Å². The Morgan fingerprint density at radius 3 is 2.27 bits per heavy atom. The van der Waals surface area contributed by atoms with Crippen molar-refractivity contribution in [1.82, 2.24) is 14.9 Å². The summed E-state index contributed by atoms with van der Waals surface area (Å²) < 4.78 is 41.4. The minimum atomic E-state index is -2.08. The lowest BCUT2D eigenvalue weighted by Crippen LogP contribution is -2.47. The predicted octanol–water partition coefficient (Wildman–Crippen LogP) is 5.56. The second-order valence-corrected chi connectivity index (χ2v) is 22.2. The molecule has 0 saturated carbocycles. The van der Waals surface area contributed by atoms with Crippen molar-refractivity contribution in [1.29, 1.82) is 0 Å². The van der Waals surface area contributed by atoms with Crippen molar-refractivity contribution in [3.8, 4) is 11.5 Å². The van der Waals surface area contributed by atoms with Crippen LogP contribution in [0.3, 0.4) is 0 Å². The van der Waals surface area contributed by atoms with E-state index >= 15 is 4.79 Å². The van der Waals surface area contributed by atoms with Gasteiger partial charge in [0.05, 0.1) is 40.8 Å². The van der Waals surface area contributed by atoms with Gasteiger partial charge < -0.3 is 63.5 Å². The number of carbonyl (C=O) groups is 4. The summed E-state index contributed by atoms with van der Waals surface area (Å²) in [6.07, 6.45) is 6.07. The number of aromatic hydroxyl groups is 1. The molecule has 444 valence electrons. The number of nitrogens with one attached hydrogen (secondary N) is 1. The Morgan fingerprint density at radius 1 is 0.904 bits per heavy atom. The number of carbonyl (C=O) groups excluding carboxylic acids is 4. The summed E-state index contributed by atoms with van der Waals surface area (Å²) in [7, 11) is 1.41. The largest absolute Gasteiger partial charge is 0.507 e. The number of amides is 1. The van der Waals surface area contributed by atoms with E-state index in [1.54, 1.807) is 46.0 Å². The molecule has 5 N–H and O–H groups in total. The van der Waals surface area contributed by atoms with E-state index in [0.717, 1.165) is 25.2 Å². The summed E-state index contributed by atoms with van der Waals surface area (Å²) in [5.41, 5.74) is -1.66. The van der Waals surface area contributed by atoms with Crippen LogP contribution in [-0.4, -0.2) is 136 Å². The number of nitrogens with zero attached hydrogens (tertiary/aromatic N) is 4. The quantitative estimate of drug-likeness (QED) is 0.0376. The average molecular weight is 1150 g/mol. The van der Waals surface area contributed by atoms with E-state index in [1.807, 2.05) is 11.8 Å². The zero-order valence-electron chi connectivity index (χ0n) is 48.5.